The van der Waals surface area contributed by atoms with Crippen LogP contribution in [0.25, 0.3) is 5.69 Å². The summed E-state index contributed by atoms with van der Waals surface area (Å²) in [7, 11) is 0. The van der Waals surface area contributed by atoms with Crippen molar-refractivity contribution in [1.82, 2.24) is 9.78 Å². The molecule has 1 heterocycles. The highest BCUT2D eigenvalue weighted by Gasteiger charge is 2.13. The number of hydrogen-bond acceptors (Lipinski definition) is 3. The zero-order valence-corrected chi connectivity index (χ0v) is 11.4. The van der Waals surface area contributed by atoms with E-state index in [2.05, 4.69) is 31.9 Å². The molecule has 0 amide bonds. The summed E-state index contributed by atoms with van der Waals surface area (Å²) in [5.41, 5.74) is 1.44. The summed E-state index contributed by atoms with van der Waals surface area (Å²) < 4.78 is 7.43. The van der Waals surface area contributed by atoms with Crippen LogP contribution in [0.2, 0.25) is 0 Å². The molecule has 19 heavy (non-hydrogen) atoms. The summed E-state index contributed by atoms with van der Waals surface area (Å²) in [5.74, 6) is 0.619. The second kappa shape index (κ2) is 5.15. The van der Waals surface area contributed by atoms with Crippen molar-refractivity contribution in [2.24, 2.45) is 5.41 Å². The van der Waals surface area contributed by atoms with Crippen LogP contribution in [0.3, 0.4) is 0 Å². The second-order valence-corrected chi connectivity index (χ2v) is 5.59. The molecule has 4 nitrogen and oxygen atoms in total. The molecule has 4 heteroatoms. The third kappa shape index (κ3) is 3.35. The van der Waals surface area contributed by atoms with Crippen LogP contribution >= 0.6 is 0 Å². The molecule has 0 saturated heterocycles. The Hall–Kier alpha value is -2.28. The van der Waals surface area contributed by atoms with Gasteiger partial charge >= 0.3 is 0 Å². The highest BCUT2D eigenvalue weighted by atomic mass is 16.5. The molecule has 98 valence electrons. The maximum Gasteiger partial charge on any atom is 0.137 e. The molecule has 0 radical (unpaired) electrons. The molecule has 0 spiro atoms. The van der Waals surface area contributed by atoms with E-state index < -0.39 is 0 Å². The first kappa shape index (κ1) is 13.2. The van der Waals surface area contributed by atoms with Crippen LogP contribution < -0.4 is 4.74 Å². The van der Waals surface area contributed by atoms with Gasteiger partial charge in [-0.1, -0.05) is 20.8 Å². The van der Waals surface area contributed by atoms with Crippen molar-refractivity contribution < 1.29 is 4.74 Å². The van der Waals surface area contributed by atoms with Gasteiger partial charge in [-0.2, -0.15) is 10.4 Å². The number of nitriles is 1. The number of hydrogen-bond donors (Lipinski definition) is 0. The second-order valence-electron chi connectivity index (χ2n) is 5.59. The van der Waals surface area contributed by atoms with Crippen molar-refractivity contribution in [3.63, 3.8) is 0 Å². The molecule has 0 aliphatic heterocycles. The normalized spacial score (nSPS) is 11.1. The van der Waals surface area contributed by atoms with Crippen LogP contribution in [0.1, 0.15) is 26.3 Å². The molecule has 1 aromatic heterocycles. The predicted molar refractivity (Wildman–Crippen MR) is 73.2 cm³/mol. The smallest absolute Gasteiger partial charge is 0.137 e. The SMILES string of the molecule is CC(C)(C)COc1ccc(-n2cccn2)cc1C#N. The lowest BCUT2D eigenvalue weighted by Gasteiger charge is -2.19. The zero-order valence-electron chi connectivity index (χ0n) is 11.4. The number of nitrogens with zero attached hydrogens (tertiary/aromatic N) is 3. The molecule has 0 atom stereocenters. The number of aromatic nitrogens is 2. The van der Waals surface area contributed by atoms with Crippen LogP contribution in [0.15, 0.2) is 36.7 Å². The predicted octanol–water partition coefficient (Wildman–Crippen LogP) is 3.17. The van der Waals surface area contributed by atoms with Gasteiger partial charge in [-0.3, -0.25) is 0 Å². The van der Waals surface area contributed by atoms with Gasteiger partial charge < -0.3 is 4.74 Å². The van der Waals surface area contributed by atoms with Gasteiger partial charge in [-0.25, -0.2) is 4.68 Å². The monoisotopic (exact) mass is 255 g/mol. The van der Waals surface area contributed by atoms with E-state index in [1.165, 1.54) is 0 Å². The standard InChI is InChI=1S/C15H17N3O/c1-15(2,3)11-19-14-6-5-13(9-12(14)10-16)18-8-4-7-17-18/h4-9H,11H2,1-3H3. The maximum atomic E-state index is 9.21. The third-order valence-corrected chi connectivity index (χ3v) is 2.51. The molecule has 0 fully saturated rings. The summed E-state index contributed by atoms with van der Waals surface area (Å²) in [5, 5.41) is 13.4. The lowest BCUT2D eigenvalue weighted by molar-refractivity contribution is 0.197. The largest absolute Gasteiger partial charge is 0.492 e. The molecule has 2 rings (SSSR count). The minimum absolute atomic E-state index is 0.0629. The van der Waals surface area contributed by atoms with Crippen molar-refractivity contribution in [1.29, 1.82) is 5.26 Å². The number of ether oxygens (including phenoxy) is 1. The van der Waals surface area contributed by atoms with Crippen LogP contribution in [-0.2, 0) is 0 Å². The summed E-state index contributed by atoms with van der Waals surface area (Å²) >= 11 is 0. The van der Waals surface area contributed by atoms with E-state index in [0.717, 1.165) is 5.69 Å². The van der Waals surface area contributed by atoms with E-state index >= 15 is 0 Å². The van der Waals surface area contributed by atoms with Gasteiger partial charge in [0.2, 0.25) is 0 Å². The average molecular weight is 255 g/mol. The summed E-state index contributed by atoms with van der Waals surface area (Å²) in [6.45, 7) is 6.86. The van der Waals surface area contributed by atoms with Gasteiger partial charge in [0.05, 0.1) is 17.9 Å². The summed E-state index contributed by atoms with van der Waals surface area (Å²) in [4.78, 5) is 0. The lowest BCUT2D eigenvalue weighted by atomic mass is 9.98. The Morgan fingerprint density at radius 2 is 2.16 bits per heavy atom. The maximum absolute atomic E-state index is 9.21. The molecule has 1 aromatic carbocycles. The van der Waals surface area contributed by atoms with Crippen LogP contribution in [0, 0.1) is 16.7 Å². The molecule has 0 aliphatic carbocycles. The van der Waals surface area contributed by atoms with Gasteiger partial charge in [-0.15, -0.1) is 0 Å². The van der Waals surface area contributed by atoms with Crippen molar-refractivity contribution >= 4 is 0 Å². The Bertz CT molecular complexity index is 589. The minimum atomic E-state index is 0.0629. The van der Waals surface area contributed by atoms with E-state index in [0.29, 0.717) is 17.9 Å². The van der Waals surface area contributed by atoms with E-state index in [4.69, 9.17) is 4.74 Å². The first-order chi connectivity index (χ1) is 8.99. The molecule has 0 saturated carbocycles. The van der Waals surface area contributed by atoms with E-state index in [9.17, 15) is 5.26 Å². The Labute approximate surface area is 113 Å². The molecule has 0 bridgehead atoms. The minimum Gasteiger partial charge on any atom is -0.492 e. The molecule has 0 unspecified atom stereocenters. The van der Waals surface area contributed by atoms with Crippen molar-refractivity contribution in [3.8, 4) is 17.5 Å². The van der Waals surface area contributed by atoms with Gasteiger partial charge in [-0.05, 0) is 29.7 Å². The Balaban J connectivity index is 2.25. The van der Waals surface area contributed by atoms with Gasteiger partial charge in [0, 0.05) is 12.4 Å². The first-order valence-corrected chi connectivity index (χ1v) is 6.16. The fourth-order valence-corrected chi connectivity index (χ4v) is 1.59. The molecule has 0 N–H and O–H groups in total. The van der Waals surface area contributed by atoms with Crippen molar-refractivity contribution in [2.45, 2.75) is 20.8 Å². The summed E-state index contributed by atoms with van der Waals surface area (Å²) in [6.07, 6.45) is 3.54. The molecular formula is C15H17N3O. The van der Waals surface area contributed by atoms with Crippen molar-refractivity contribution in [2.75, 3.05) is 6.61 Å². The first-order valence-electron chi connectivity index (χ1n) is 6.16. The summed E-state index contributed by atoms with van der Waals surface area (Å²) in [6, 6.07) is 9.51. The van der Waals surface area contributed by atoms with Crippen LogP contribution in [-0.4, -0.2) is 16.4 Å². The van der Waals surface area contributed by atoms with E-state index in [1.807, 2.05) is 24.4 Å². The highest BCUT2D eigenvalue weighted by molar-refractivity contribution is 5.50. The topological polar surface area (TPSA) is 50.8 Å². The molecular weight excluding hydrogens is 238 g/mol. The van der Waals surface area contributed by atoms with Gasteiger partial charge in [0.15, 0.2) is 0 Å². The molecule has 0 aliphatic rings. The van der Waals surface area contributed by atoms with Gasteiger partial charge in [0.1, 0.15) is 11.8 Å². The number of rotatable bonds is 3. The Kier molecular flexibility index (Phi) is 3.57. The zero-order chi connectivity index (χ0) is 13.9. The van der Waals surface area contributed by atoms with Crippen LogP contribution in [0.4, 0.5) is 0 Å². The fourth-order valence-electron chi connectivity index (χ4n) is 1.59. The fraction of sp³-hybridized carbons (Fsp3) is 0.333. The Morgan fingerprint density at radius 1 is 1.37 bits per heavy atom. The Morgan fingerprint density at radius 3 is 2.74 bits per heavy atom. The van der Waals surface area contributed by atoms with E-state index in [1.54, 1.807) is 16.9 Å². The highest BCUT2D eigenvalue weighted by Crippen LogP contribution is 2.23. The molecule has 2 aromatic rings. The average Bonchev–Trinajstić information content (AvgIpc) is 2.89. The number of benzene rings is 1. The third-order valence-electron chi connectivity index (χ3n) is 2.51. The van der Waals surface area contributed by atoms with E-state index in [-0.39, 0.29) is 5.41 Å². The van der Waals surface area contributed by atoms with Crippen LogP contribution in [0.5, 0.6) is 5.75 Å². The quantitative estimate of drug-likeness (QED) is 0.846. The van der Waals surface area contributed by atoms with Crippen molar-refractivity contribution in [3.05, 3.63) is 42.2 Å². The van der Waals surface area contributed by atoms with Gasteiger partial charge in [0.25, 0.3) is 0 Å². The lowest BCUT2D eigenvalue weighted by Crippen LogP contribution is -2.17.